The predicted molar refractivity (Wildman–Crippen MR) is 139 cm³/mol. The average Bonchev–Trinajstić information content (AvgIpc) is 3.60. The van der Waals surface area contributed by atoms with Crippen LogP contribution in [0.2, 0.25) is 0 Å². The van der Waals surface area contributed by atoms with Crippen LogP contribution < -0.4 is 20.3 Å². The number of likely N-dealkylation sites (tertiary alicyclic amines) is 1. The minimum absolute atomic E-state index is 0.112. The quantitative estimate of drug-likeness (QED) is 0.485. The van der Waals surface area contributed by atoms with Gasteiger partial charge < -0.3 is 25.0 Å². The van der Waals surface area contributed by atoms with Gasteiger partial charge in [0.15, 0.2) is 24.1 Å². The maximum absolute atomic E-state index is 15.4. The number of hydrogen-bond donors (Lipinski definition) is 2. The summed E-state index contributed by atoms with van der Waals surface area (Å²) in [5, 5.41) is 14.2. The molecule has 2 N–H and O–H groups in total. The molecule has 4 aliphatic heterocycles. The van der Waals surface area contributed by atoms with Crippen LogP contribution in [0.1, 0.15) is 30.0 Å². The van der Waals surface area contributed by atoms with E-state index in [-0.39, 0.29) is 36.1 Å². The van der Waals surface area contributed by atoms with E-state index < -0.39 is 11.7 Å². The molecule has 1 aromatic carbocycles. The molecule has 14 heteroatoms. The second-order valence-electron chi connectivity index (χ2n) is 11.5. The molecule has 0 radical (unpaired) electrons. The Kier molecular flexibility index (Phi) is 5.26. The third-order valence-corrected chi connectivity index (χ3v) is 8.86. The number of amides is 2. The Labute approximate surface area is 228 Å². The maximum Gasteiger partial charge on any atom is 0.416 e. The van der Waals surface area contributed by atoms with E-state index in [0.29, 0.717) is 43.1 Å². The number of carbonyl (C=O) groups is 2. The molecular weight excluding hydrogens is 521 g/mol. The van der Waals surface area contributed by atoms with Crippen molar-refractivity contribution < 1.29 is 23.5 Å². The molecular formula is C26H28FN9O4. The summed E-state index contributed by atoms with van der Waals surface area (Å²) in [6.07, 6.45) is 3.90. The summed E-state index contributed by atoms with van der Waals surface area (Å²) in [5.74, 6) is 0.534. The molecule has 6 heterocycles. The van der Waals surface area contributed by atoms with E-state index >= 15 is 4.39 Å². The first-order valence-corrected chi connectivity index (χ1v) is 13.7. The summed E-state index contributed by atoms with van der Waals surface area (Å²) in [6.45, 7) is 4.34. The van der Waals surface area contributed by atoms with Crippen molar-refractivity contribution in [3.8, 4) is 5.88 Å². The van der Waals surface area contributed by atoms with E-state index in [4.69, 9.17) is 9.47 Å². The molecule has 8 rings (SSSR count). The van der Waals surface area contributed by atoms with Crippen LogP contribution in [-0.4, -0.2) is 93.3 Å². The van der Waals surface area contributed by atoms with Gasteiger partial charge in [0, 0.05) is 45.6 Å². The highest BCUT2D eigenvalue weighted by Crippen LogP contribution is 2.38. The lowest BCUT2D eigenvalue weighted by Crippen LogP contribution is -2.48. The van der Waals surface area contributed by atoms with Gasteiger partial charge in [-0.05, 0) is 36.0 Å². The van der Waals surface area contributed by atoms with Crippen LogP contribution in [-0.2, 0) is 22.4 Å². The Morgan fingerprint density at radius 3 is 2.83 bits per heavy atom. The zero-order valence-electron chi connectivity index (χ0n) is 21.7. The standard InChI is InChI=1S/C26H28FN9O4/c27-21-17-6-14(5-15(17)7-18-22(21)32-33-36(18)16-8-28-9-16)11-34-3-1-26(2-4-34)13-35(25(38)40-26)19-10-29-24-23(30-19)31-20(37)12-39-24/h7,10,14,16,28H,1-6,8-9,11-13H2,(H,30,31,37). The molecule has 1 unspecified atom stereocenters. The normalized spacial score (nSPS) is 24.0. The van der Waals surface area contributed by atoms with Crippen molar-refractivity contribution in [2.45, 2.75) is 37.3 Å². The Morgan fingerprint density at radius 1 is 1.18 bits per heavy atom. The highest BCUT2D eigenvalue weighted by molar-refractivity contribution is 5.94. The fourth-order valence-corrected chi connectivity index (χ4v) is 6.60. The number of halogens is 1. The van der Waals surface area contributed by atoms with Gasteiger partial charge in [0.05, 0.1) is 24.3 Å². The number of aromatic nitrogens is 5. The SMILES string of the molecule is O=C1COc2ncc(N3CC4(CCN(CC5Cc6cc7c(nnn7C7CNC7)c(F)c6C5)CC4)OC3=O)nc2N1. The summed E-state index contributed by atoms with van der Waals surface area (Å²) < 4.78 is 28.4. The molecule has 3 fully saturated rings. The number of benzene rings is 1. The third-order valence-electron chi connectivity index (χ3n) is 8.86. The van der Waals surface area contributed by atoms with Gasteiger partial charge in [-0.25, -0.2) is 23.8 Å². The van der Waals surface area contributed by atoms with Gasteiger partial charge in [-0.1, -0.05) is 5.21 Å². The molecule has 3 saturated heterocycles. The van der Waals surface area contributed by atoms with Crippen molar-refractivity contribution in [1.82, 2.24) is 35.2 Å². The van der Waals surface area contributed by atoms with E-state index in [1.165, 1.54) is 11.1 Å². The van der Waals surface area contributed by atoms with Gasteiger partial charge in [-0.2, -0.15) is 0 Å². The Bertz CT molecular complexity index is 1550. The summed E-state index contributed by atoms with van der Waals surface area (Å²) in [7, 11) is 0. The molecule has 2 amide bonds. The summed E-state index contributed by atoms with van der Waals surface area (Å²) in [6, 6.07) is 2.32. The predicted octanol–water partition coefficient (Wildman–Crippen LogP) is 1.04. The molecule has 3 aromatic rings. The second kappa shape index (κ2) is 8.80. The molecule has 1 atom stereocenters. The van der Waals surface area contributed by atoms with Gasteiger partial charge >= 0.3 is 6.09 Å². The number of rotatable bonds is 4. The molecule has 5 aliphatic rings. The molecule has 208 valence electrons. The number of piperidine rings is 1. The van der Waals surface area contributed by atoms with Crippen LogP contribution in [0.5, 0.6) is 5.88 Å². The maximum atomic E-state index is 15.4. The number of fused-ring (bicyclic) bond motifs is 3. The molecule has 13 nitrogen and oxygen atoms in total. The zero-order valence-corrected chi connectivity index (χ0v) is 21.7. The van der Waals surface area contributed by atoms with Crippen molar-refractivity contribution in [2.24, 2.45) is 5.92 Å². The number of ether oxygens (including phenoxy) is 2. The fraction of sp³-hybridized carbons (Fsp3) is 0.538. The van der Waals surface area contributed by atoms with Crippen LogP contribution in [0.15, 0.2) is 12.3 Å². The van der Waals surface area contributed by atoms with Gasteiger partial charge in [-0.15, -0.1) is 5.10 Å². The highest BCUT2D eigenvalue weighted by atomic mass is 19.1. The molecule has 0 bridgehead atoms. The second-order valence-corrected chi connectivity index (χ2v) is 11.5. The van der Waals surface area contributed by atoms with Gasteiger partial charge in [-0.3, -0.25) is 9.69 Å². The lowest BCUT2D eigenvalue weighted by atomic mass is 9.90. The topological polar surface area (TPSA) is 140 Å². The third kappa shape index (κ3) is 3.80. The van der Waals surface area contributed by atoms with Crippen LogP contribution in [0.4, 0.5) is 20.8 Å². The lowest BCUT2D eigenvalue weighted by Gasteiger charge is -2.38. The smallest absolute Gasteiger partial charge is 0.416 e. The highest BCUT2D eigenvalue weighted by Gasteiger charge is 2.48. The van der Waals surface area contributed by atoms with E-state index in [9.17, 15) is 9.59 Å². The molecule has 1 spiro atoms. The number of carbonyl (C=O) groups excluding carboxylic acids is 2. The molecule has 1 aliphatic carbocycles. The monoisotopic (exact) mass is 549 g/mol. The molecule has 40 heavy (non-hydrogen) atoms. The van der Waals surface area contributed by atoms with Crippen LogP contribution in [0.3, 0.4) is 0 Å². The lowest BCUT2D eigenvalue weighted by molar-refractivity contribution is -0.118. The Morgan fingerprint density at radius 2 is 2.02 bits per heavy atom. The van der Waals surface area contributed by atoms with Crippen LogP contribution >= 0.6 is 0 Å². The van der Waals surface area contributed by atoms with Gasteiger partial charge in [0.1, 0.15) is 11.1 Å². The van der Waals surface area contributed by atoms with Crippen molar-refractivity contribution in [3.63, 3.8) is 0 Å². The summed E-state index contributed by atoms with van der Waals surface area (Å²) >= 11 is 0. The minimum Gasteiger partial charge on any atom is -0.465 e. The van der Waals surface area contributed by atoms with Crippen molar-refractivity contribution in [1.29, 1.82) is 0 Å². The minimum atomic E-state index is -0.596. The first-order chi connectivity index (χ1) is 19.4. The molecule has 2 aromatic heterocycles. The van der Waals surface area contributed by atoms with E-state index in [1.807, 2.05) is 4.68 Å². The number of nitrogens with one attached hydrogen (secondary N) is 2. The van der Waals surface area contributed by atoms with Crippen molar-refractivity contribution in [2.75, 3.05) is 56.1 Å². The fourth-order valence-electron chi connectivity index (χ4n) is 6.60. The van der Waals surface area contributed by atoms with E-state index in [0.717, 1.165) is 55.8 Å². The van der Waals surface area contributed by atoms with Gasteiger partial charge in [0.2, 0.25) is 0 Å². The molecule has 0 saturated carbocycles. The number of nitrogens with zero attached hydrogens (tertiary/aromatic N) is 7. The largest absolute Gasteiger partial charge is 0.465 e. The van der Waals surface area contributed by atoms with E-state index in [2.05, 4.69) is 41.9 Å². The summed E-state index contributed by atoms with van der Waals surface area (Å²) in [4.78, 5) is 36.9. The Hall–Kier alpha value is -3.91. The summed E-state index contributed by atoms with van der Waals surface area (Å²) in [5.41, 5.74) is 2.40. The van der Waals surface area contributed by atoms with Crippen LogP contribution in [0, 0.1) is 11.7 Å². The number of hydrogen-bond acceptors (Lipinski definition) is 10. The Balaban J connectivity index is 0.915. The first-order valence-electron chi connectivity index (χ1n) is 13.7. The zero-order chi connectivity index (χ0) is 27.0. The van der Waals surface area contributed by atoms with Crippen LogP contribution in [0.25, 0.3) is 11.0 Å². The average molecular weight is 550 g/mol. The van der Waals surface area contributed by atoms with E-state index in [1.54, 1.807) is 0 Å². The van der Waals surface area contributed by atoms with Gasteiger partial charge in [0.25, 0.3) is 11.8 Å². The van der Waals surface area contributed by atoms with Crippen molar-refractivity contribution >= 4 is 34.7 Å². The first kappa shape index (κ1) is 23.9. The number of anilines is 2. The van der Waals surface area contributed by atoms with Crippen molar-refractivity contribution in [3.05, 3.63) is 29.2 Å².